The molecule has 92 valence electrons. The van der Waals surface area contributed by atoms with Crippen LogP contribution in [0.4, 0.5) is 0 Å². The van der Waals surface area contributed by atoms with Crippen molar-refractivity contribution in [1.29, 1.82) is 0 Å². The van der Waals surface area contributed by atoms with E-state index < -0.39 is 6.10 Å². The highest BCUT2D eigenvalue weighted by Gasteiger charge is 2.20. The quantitative estimate of drug-likeness (QED) is 0.854. The smallest absolute Gasteiger partial charge is 0.0959 e. The van der Waals surface area contributed by atoms with Crippen LogP contribution in [0.25, 0.3) is 0 Å². The lowest BCUT2D eigenvalue weighted by molar-refractivity contribution is 0.126. The van der Waals surface area contributed by atoms with Gasteiger partial charge in [0.2, 0.25) is 0 Å². The summed E-state index contributed by atoms with van der Waals surface area (Å²) in [6.45, 7) is 8.91. The molecule has 0 aliphatic carbocycles. The van der Waals surface area contributed by atoms with Crippen LogP contribution >= 0.6 is 0 Å². The number of aryl methyl sites for hydroxylation is 1. The minimum Gasteiger partial charge on any atom is -0.387 e. The first kappa shape index (κ1) is 13.2. The van der Waals surface area contributed by atoms with E-state index in [1.54, 1.807) is 10.9 Å². The van der Waals surface area contributed by atoms with Gasteiger partial charge >= 0.3 is 0 Å². The van der Waals surface area contributed by atoms with Crippen LogP contribution in [-0.4, -0.2) is 14.9 Å². The molecule has 1 N–H and O–H groups in total. The Balaban J connectivity index is 2.52. The van der Waals surface area contributed by atoms with Crippen molar-refractivity contribution < 1.29 is 5.11 Å². The SMILES string of the molecule is CC(CC(O)c1ccnn1C)CC(C)(C)C. The van der Waals surface area contributed by atoms with Crippen molar-refractivity contribution in [2.75, 3.05) is 0 Å². The number of hydrogen-bond donors (Lipinski definition) is 1. The summed E-state index contributed by atoms with van der Waals surface area (Å²) < 4.78 is 1.74. The molecule has 1 aromatic rings. The van der Waals surface area contributed by atoms with E-state index in [0.717, 1.165) is 18.5 Å². The van der Waals surface area contributed by atoms with Gasteiger partial charge in [0.15, 0.2) is 0 Å². The third-order valence-corrected chi connectivity index (χ3v) is 2.79. The lowest BCUT2D eigenvalue weighted by Crippen LogP contribution is -2.15. The highest BCUT2D eigenvalue weighted by molar-refractivity contribution is 5.03. The molecule has 0 fully saturated rings. The normalized spacial score (nSPS) is 16.1. The lowest BCUT2D eigenvalue weighted by atomic mass is 9.83. The third kappa shape index (κ3) is 3.97. The number of aromatic nitrogens is 2. The second-order valence-electron chi connectivity index (χ2n) is 6.00. The molecule has 3 nitrogen and oxygen atoms in total. The molecule has 0 radical (unpaired) electrons. The van der Waals surface area contributed by atoms with Gasteiger partial charge in [-0.3, -0.25) is 4.68 Å². The molecular formula is C13H24N2O. The molecule has 0 aromatic carbocycles. The van der Waals surface area contributed by atoms with Gasteiger partial charge in [-0.15, -0.1) is 0 Å². The minimum atomic E-state index is -0.398. The summed E-state index contributed by atoms with van der Waals surface area (Å²) in [5.41, 5.74) is 1.23. The first-order valence-corrected chi connectivity index (χ1v) is 5.95. The van der Waals surface area contributed by atoms with Crippen molar-refractivity contribution in [2.45, 2.75) is 46.6 Å². The van der Waals surface area contributed by atoms with Crippen molar-refractivity contribution in [3.8, 4) is 0 Å². The molecular weight excluding hydrogens is 200 g/mol. The van der Waals surface area contributed by atoms with E-state index in [1.165, 1.54) is 0 Å². The number of nitrogens with zero attached hydrogens (tertiary/aromatic N) is 2. The van der Waals surface area contributed by atoms with E-state index in [2.05, 4.69) is 32.8 Å². The average Bonchev–Trinajstić information content (AvgIpc) is 2.47. The van der Waals surface area contributed by atoms with E-state index in [9.17, 15) is 5.11 Å². The molecule has 2 unspecified atom stereocenters. The maximum atomic E-state index is 10.1. The van der Waals surface area contributed by atoms with Crippen molar-refractivity contribution in [3.05, 3.63) is 18.0 Å². The van der Waals surface area contributed by atoms with Gasteiger partial charge in [0.05, 0.1) is 11.8 Å². The molecule has 0 spiro atoms. The number of hydrogen-bond acceptors (Lipinski definition) is 2. The fourth-order valence-corrected chi connectivity index (χ4v) is 2.34. The summed E-state index contributed by atoms with van der Waals surface area (Å²) in [7, 11) is 1.87. The summed E-state index contributed by atoms with van der Waals surface area (Å²) in [4.78, 5) is 0. The van der Waals surface area contributed by atoms with Gasteiger partial charge in [0.25, 0.3) is 0 Å². The van der Waals surface area contributed by atoms with Gasteiger partial charge in [-0.25, -0.2) is 0 Å². The fourth-order valence-electron chi connectivity index (χ4n) is 2.34. The molecule has 0 aliphatic heterocycles. The molecule has 16 heavy (non-hydrogen) atoms. The van der Waals surface area contributed by atoms with Crippen molar-refractivity contribution in [1.82, 2.24) is 9.78 Å². The zero-order chi connectivity index (χ0) is 12.3. The number of aliphatic hydroxyl groups is 1. The fraction of sp³-hybridized carbons (Fsp3) is 0.769. The number of aliphatic hydroxyl groups excluding tert-OH is 1. The van der Waals surface area contributed by atoms with E-state index >= 15 is 0 Å². The van der Waals surface area contributed by atoms with Crippen molar-refractivity contribution in [2.24, 2.45) is 18.4 Å². The predicted molar refractivity (Wildman–Crippen MR) is 66.0 cm³/mol. The van der Waals surface area contributed by atoms with E-state index in [0.29, 0.717) is 11.3 Å². The topological polar surface area (TPSA) is 38.1 Å². The molecule has 0 amide bonds. The molecule has 0 bridgehead atoms. The Labute approximate surface area is 98.5 Å². The van der Waals surface area contributed by atoms with Crippen LogP contribution in [-0.2, 0) is 7.05 Å². The second kappa shape index (κ2) is 5.00. The van der Waals surface area contributed by atoms with Crippen LogP contribution in [0.3, 0.4) is 0 Å². The van der Waals surface area contributed by atoms with Gasteiger partial charge < -0.3 is 5.11 Å². The van der Waals surface area contributed by atoms with E-state index in [1.807, 2.05) is 13.1 Å². The van der Waals surface area contributed by atoms with Gasteiger partial charge in [0.1, 0.15) is 0 Å². The molecule has 0 aliphatic rings. The summed E-state index contributed by atoms with van der Waals surface area (Å²) in [6.07, 6.45) is 3.26. The van der Waals surface area contributed by atoms with Crippen LogP contribution in [0.2, 0.25) is 0 Å². The zero-order valence-electron chi connectivity index (χ0n) is 11.1. The first-order valence-electron chi connectivity index (χ1n) is 5.95. The van der Waals surface area contributed by atoms with E-state index in [-0.39, 0.29) is 0 Å². The Bertz CT molecular complexity index is 325. The Morgan fingerprint density at radius 2 is 2.06 bits per heavy atom. The van der Waals surface area contributed by atoms with Crippen molar-refractivity contribution in [3.63, 3.8) is 0 Å². The lowest BCUT2D eigenvalue weighted by Gasteiger charge is -2.24. The van der Waals surface area contributed by atoms with Gasteiger partial charge in [-0.1, -0.05) is 27.7 Å². The maximum Gasteiger partial charge on any atom is 0.0959 e. The summed E-state index contributed by atoms with van der Waals surface area (Å²) >= 11 is 0. The van der Waals surface area contributed by atoms with Gasteiger partial charge in [0, 0.05) is 13.2 Å². The summed E-state index contributed by atoms with van der Waals surface area (Å²) in [5.74, 6) is 0.518. The summed E-state index contributed by atoms with van der Waals surface area (Å²) in [6, 6.07) is 1.88. The van der Waals surface area contributed by atoms with Crippen LogP contribution in [0.1, 0.15) is 52.3 Å². The van der Waals surface area contributed by atoms with Crippen molar-refractivity contribution >= 4 is 0 Å². The molecule has 1 rings (SSSR count). The first-order chi connectivity index (χ1) is 7.29. The van der Waals surface area contributed by atoms with Gasteiger partial charge in [-0.2, -0.15) is 5.10 Å². The molecule has 0 saturated carbocycles. The predicted octanol–water partition coefficient (Wildman–Crippen LogP) is 2.92. The van der Waals surface area contributed by atoms with Crippen LogP contribution in [0.15, 0.2) is 12.3 Å². The largest absolute Gasteiger partial charge is 0.387 e. The monoisotopic (exact) mass is 224 g/mol. The maximum absolute atomic E-state index is 10.1. The van der Waals surface area contributed by atoms with E-state index in [4.69, 9.17) is 0 Å². The zero-order valence-corrected chi connectivity index (χ0v) is 11.1. The standard InChI is InChI=1S/C13H24N2O/c1-10(9-13(2,3)4)8-12(16)11-6-7-14-15(11)5/h6-7,10,12,16H,8-9H2,1-5H3. The van der Waals surface area contributed by atoms with Crippen LogP contribution in [0.5, 0.6) is 0 Å². The molecule has 0 saturated heterocycles. The minimum absolute atomic E-state index is 0.325. The second-order valence-corrected chi connectivity index (χ2v) is 6.00. The molecule has 2 atom stereocenters. The Morgan fingerprint density at radius 3 is 2.50 bits per heavy atom. The third-order valence-electron chi connectivity index (χ3n) is 2.79. The average molecular weight is 224 g/mol. The van der Waals surface area contributed by atoms with Crippen LogP contribution < -0.4 is 0 Å². The Kier molecular flexibility index (Phi) is 4.14. The number of rotatable bonds is 4. The molecule has 3 heteroatoms. The highest BCUT2D eigenvalue weighted by atomic mass is 16.3. The summed E-state index contributed by atoms with van der Waals surface area (Å²) in [5, 5.41) is 14.2. The molecule has 1 aromatic heterocycles. The highest BCUT2D eigenvalue weighted by Crippen LogP contribution is 2.30. The van der Waals surface area contributed by atoms with Gasteiger partial charge in [-0.05, 0) is 30.2 Å². The Hall–Kier alpha value is -0.830. The Morgan fingerprint density at radius 1 is 1.44 bits per heavy atom. The van der Waals surface area contributed by atoms with Crippen LogP contribution in [0, 0.1) is 11.3 Å². The molecule has 1 heterocycles.